The van der Waals surface area contributed by atoms with E-state index in [2.05, 4.69) is 12.1 Å². The molecule has 0 aromatic heterocycles. The van der Waals surface area contributed by atoms with Crippen LogP contribution >= 0.6 is 0 Å². The number of fused-ring (bicyclic) bond motifs is 1. The number of aliphatic hydroxyl groups is 1. The summed E-state index contributed by atoms with van der Waals surface area (Å²) in [5.41, 5.74) is 2.95. The SMILES string of the molecule is Cc1ccc(C)c(C(=O)C[C@]2(O)C(=O)N(CCCc3ccccc3)c3ccccc32)c1. The molecule has 4 heteroatoms. The van der Waals surface area contributed by atoms with E-state index in [1.54, 1.807) is 17.0 Å². The number of aryl methyl sites for hydroxylation is 3. The largest absolute Gasteiger partial charge is 0.375 e. The van der Waals surface area contributed by atoms with E-state index in [0.29, 0.717) is 23.4 Å². The first-order valence-corrected chi connectivity index (χ1v) is 10.7. The summed E-state index contributed by atoms with van der Waals surface area (Å²) in [6, 6.07) is 23.0. The van der Waals surface area contributed by atoms with Crippen LogP contribution in [0, 0.1) is 13.8 Å². The second-order valence-corrected chi connectivity index (χ2v) is 8.34. The molecule has 4 rings (SSSR count). The van der Waals surface area contributed by atoms with Gasteiger partial charge in [0.2, 0.25) is 0 Å². The summed E-state index contributed by atoms with van der Waals surface area (Å²) in [6.07, 6.45) is 1.35. The Hall–Kier alpha value is -3.24. The fourth-order valence-corrected chi connectivity index (χ4v) is 4.35. The Morgan fingerprint density at radius 1 is 0.968 bits per heavy atom. The fourth-order valence-electron chi connectivity index (χ4n) is 4.35. The van der Waals surface area contributed by atoms with Crippen LogP contribution in [-0.4, -0.2) is 23.3 Å². The van der Waals surface area contributed by atoms with Crippen LogP contribution in [0.15, 0.2) is 72.8 Å². The van der Waals surface area contributed by atoms with Gasteiger partial charge in [-0.1, -0.05) is 66.2 Å². The molecule has 0 unspecified atom stereocenters. The summed E-state index contributed by atoms with van der Waals surface area (Å²) in [7, 11) is 0. The number of carbonyl (C=O) groups is 2. The first-order chi connectivity index (χ1) is 14.9. The van der Waals surface area contributed by atoms with E-state index in [1.165, 1.54) is 5.56 Å². The molecule has 1 aliphatic rings. The van der Waals surface area contributed by atoms with E-state index in [1.807, 2.05) is 62.4 Å². The zero-order valence-electron chi connectivity index (χ0n) is 18.0. The molecule has 0 aliphatic carbocycles. The second kappa shape index (κ2) is 8.48. The van der Waals surface area contributed by atoms with Crippen LogP contribution in [0.2, 0.25) is 0 Å². The number of Topliss-reactive ketones (excluding diaryl/α,β-unsaturated/α-hetero) is 1. The molecule has 0 saturated heterocycles. The third kappa shape index (κ3) is 4.04. The van der Waals surface area contributed by atoms with E-state index < -0.39 is 11.5 Å². The molecule has 31 heavy (non-hydrogen) atoms. The molecule has 0 fully saturated rings. The normalized spacial score (nSPS) is 17.6. The number of carbonyl (C=O) groups excluding carboxylic acids is 2. The Morgan fingerprint density at radius 3 is 2.45 bits per heavy atom. The molecule has 1 aliphatic heterocycles. The topological polar surface area (TPSA) is 57.6 Å². The zero-order valence-corrected chi connectivity index (χ0v) is 18.0. The lowest BCUT2D eigenvalue weighted by Gasteiger charge is -2.23. The highest BCUT2D eigenvalue weighted by atomic mass is 16.3. The van der Waals surface area contributed by atoms with E-state index in [0.717, 1.165) is 24.0 Å². The molecule has 3 aromatic carbocycles. The van der Waals surface area contributed by atoms with Gasteiger partial charge in [0.25, 0.3) is 5.91 Å². The third-order valence-electron chi connectivity index (χ3n) is 6.04. The van der Waals surface area contributed by atoms with Crippen molar-refractivity contribution >= 4 is 17.4 Å². The number of nitrogens with zero attached hydrogens (tertiary/aromatic N) is 1. The van der Waals surface area contributed by atoms with Crippen LogP contribution < -0.4 is 4.90 Å². The first-order valence-electron chi connectivity index (χ1n) is 10.7. The summed E-state index contributed by atoms with van der Waals surface area (Å²) in [5, 5.41) is 11.5. The summed E-state index contributed by atoms with van der Waals surface area (Å²) in [6.45, 7) is 4.29. The van der Waals surface area contributed by atoms with Gasteiger partial charge in [0.05, 0.1) is 12.1 Å². The van der Waals surface area contributed by atoms with E-state index in [-0.39, 0.29) is 12.2 Å². The monoisotopic (exact) mass is 413 g/mol. The highest BCUT2D eigenvalue weighted by Gasteiger charge is 2.50. The Balaban J connectivity index is 1.57. The summed E-state index contributed by atoms with van der Waals surface area (Å²) < 4.78 is 0. The lowest BCUT2D eigenvalue weighted by molar-refractivity contribution is -0.135. The molecule has 1 atom stereocenters. The van der Waals surface area contributed by atoms with Gasteiger partial charge in [0, 0.05) is 17.7 Å². The van der Waals surface area contributed by atoms with Gasteiger partial charge in [-0.25, -0.2) is 0 Å². The number of rotatable bonds is 7. The molecule has 1 N–H and O–H groups in total. The molecule has 1 amide bonds. The molecular formula is C27H27NO3. The molecule has 0 radical (unpaired) electrons. The predicted molar refractivity (Wildman–Crippen MR) is 122 cm³/mol. The fraction of sp³-hybridized carbons (Fsp3) is 0.259. The molecule has 158 valence electrons. The number of hydrogen-bond acceptors (Lipinski definition) is 3. The van der Waals surface area contributed by atoms with Crippen molar-refractivity contribution in [2.24, 2.45) is 0 Å². The van der Waals surface area contributed by atoms with E-state index >= 15 is 0 Å². The Morgan fingerprint density at radius 2 is 1.68 bits per heavy atom. The lowest BCUT2D eigenvalue weighted by atomic mass is 9.87. The Labute approximate surface area is 183 Å². The van der Waals surface area contributed by atoms with Crippen molar-refractivity contribution in [3.63, 3.8) is 0 Å². The van der Waals surface area contributed by atoms with Crippen LogP contribution in [0.1, 0.15) is 45.5 Å². The van der Waals surface area contributed by atoms with Crippen LogP contribution in [-0.2, 0) is 16.8 Å². The van der Waals surface area contributed by atoms with Gasteiger partial charge in [-0.3, -0.25) is 9.59 Å². The molecule has 4 nitrogen and oxygen atoms in total. The maximum absolute atomic E-state index is 13.4. The molecule has 1 heterocycles. The average Bonchev–Trinajstić information content (AvgIpc) is 2.98. The number of benzene rings is 3. The summed E-state index contributed by atoms with van der Waals surface area (Å²) >= 11 is 0. The number of para-hydroxylation sites is 1. The van der Waals surface area contributed by atoms with Gasteiger partial charge in [-0.05, 0) is 49.9 Å². The van der Waals surface area contributed by atoms with Crippen molar-refractivity contribution in [1.82, 2.24) is 0 Å². The van der Waals surface area contributed by atoms with Crippen LogP contribution in [0.25, 0.3) is 0 Å². The van der Waals surface area contributed by atoms with Gasteiger partial charge in [-0.15, -0.1) is 0 Å². The second-order valence-electron chi connectivity index (χ2n) is 8.34. The smallest absolute Gasteiger partial charge is 0.264 e. The van der Waals surface area contributed by atoms with Crippen molar-refractivity contribution < 1.29 is 14.7 Å². The van der Waals surface area contributed by atoms with Gasteiger partial charge in [0.15, 0.2) is 11.4 Å². The molecule has 0 bridgehead atoms. The maximum Gasteiger partial charge on any atom is 0.264 e. The highest BCUT2D eigenvalue weighted by molar-refractivity contribution is 6.11. The van der Waals surface area contributed by atoms with Crippen molar-refractivity contribution in [1.29, 1.82) is 0 Å². The zero-order chi connectivity index (χ0) is 22.0. The quantitative estimate of drug-likeness (QED) is 0.569. The minimum atomic E-state index is -1.84. The Bertz CT molecular complexity index is 1120. The van der Waals surface area contributed by atoms with Gasteiger partial charge < -0.3 is 10.0 Å². The summed E-state index contributed by atoms with van der Waals surface area (Å²) in [5.74, 6) is -0.640. The number of anilines is 1. The maximum atomic E-state index is 13.4. The van der Waals surface area contributed by atoms with Crippen LogP contribution in [0.5, 0.6) is 0 Å². The van der Waals surface area contributed by atoms with Crippen molar-refractivity contribution in [2.75, 3.05) is 11.4 Å². The van der Waals surface area contributed by atoms with Crippen molar-refractivity contribution in [3.05, 3.63) is 101 Å². The predicted octanol–water partition coefficient (Wildman–Crippen LogP) is 4.74. The van der Waals surface area contributed by atoms with Crippen LogP contribution in [0.4, 0.5) is 5.69 Å². The first kappa shape index (κ1) is 21.0. The minimum absolute atomic E-state index is 0.224. The van der Waals surface area contributed by atoms with Crippen molar-refractivity contribution in [3.8, 4) is 0 Å². The highest BCUT2D eigenvalue weighted by Crippen LogP contribution is 2.43. The van der Waals surface area contributed by atoms with Gasteiger partial charge in [-0.2, -0.15) is 0 Å². The van der Waals surface area contributed by atoms with E-state index in [9.17, 15) is 14.7 Å². The van der Waals surface area contributed by atoms with Crippen molar-refractivity contribution in [2.45, 2.75) is 38.7 Å². The molecular weight excluding hydrogens is 386 g/mol. The van der Waals surface area contributed by atoms with Gasteiger partial charge in [0.1, 0.15) is 0 Å². The number of ketones is 1. The standard InChI is InChI=1S/C27H27NO3/c1-19-14-15-20(2)22(17-19)25(29)18-27(31)23-12-6-7-13-24(23)28(26(27)30)16-8-11-21-9-4-3-5-10-21/h3-7,9-10,12-15,17,31H,8,11,16,18H2,1-2H3/t27-/m1/s1. The minimum Gasteiger partial charge on any atom is -0.375 e. The molecule has 3 aromatic rings. The van der Waals surface area contributed by atoms with Crippen LogP contribution in [0.3, 0.4) is 0 Å². The van der Waals surface area contributed by atoms with E-state index in [4.69, 9.17) is 0 Å². The third-order valence-corrected chi connectivity index (χ3v) is 6.04. The lowest BCUT2D eigenvalue weighted by Crippen LogP contribution is -2.42. The molecule has 0 spiro atoms. The number of amides is 1. The number of hydrogen-bond donors (Lipinski definition) is 1. The summed E-state index contributed by atoms with van der Waals surface area (Å²) in [4.78, 5) is 28.1. The Kier molecular flexibility index (Phi) is 5.75. The molecule has 0 saturated carbocycles. The average molecular weight is 414 g/mol. The van der Waals surface area contributed by atoms with Gasteiger partial charge >= 0.3 is 0 Å².